The lowest BCUT2D eigenvalue weighted by atomic mass is 10.1. The second kappa shape index (κ2) is 12.0. The van der Waals surface area contributed by atoms with Crippen LogP contribution in [0.1, 0.15) is 63.1 Å². The van der Waals surface area contributed by atoms with Crippen LogP contribution in [0.5, 0.6) is 0 Å². The van der Waals surface area contributed by atoms with E-state index in [-0.39, 0.29) is 17.0 Å². The lowest BCUT2D eigenvalue weighted by Gasteiger charge is -2.30. The van der Waals surface area contributed by atoms with E-state index in [0.717, 1.165) is 6.54 Å². The Kier molecular flexibility index (Phi) is 9.61. The molecular formula is C24H33BrN2. The average molecular weight is 429 g/mol. The maximum atomic E-state index is 2.59. The van der Waals surface area contributed by atoms with E-state index in [1.54, 1.807) is 0 Å². The minimum absolute atomic E-state index is 0. The van der Waals surface area contributed by atoms with Crippen molar-refractivity contribution in [2.24, 2.45) is 0 Å². The molecule has 2 heterocycles. The third kappa shape index (κ3) is 6.49. The van der Waals surface area contributed by atoms with Gasteiger partial charge in [0.25, 0.3) is 0 Å². The Bertz CT molecular complexity index is 691. The van der Waals surface area contributed by atoms with Crippen LogP contribution >= 0.6 is 0 Å². The maximum Gasteiger partial charge on any atom is 0.228 e. The number of aromatic nitrogens is 1. The standard InChI is InChI=1S/C24H33N2.BrH/c1-2-3-4-10-17-25-20-13-9-16-23(25)24(26-18-11-6-12-19-26)21-22-14-7-5-8-15-22;/h5,7-9,13-16,20-21H,2-4,6,10-12,17-19H2,1H3;1H/q+1;/p-1. The molecule has 2 nitrogen and oxygen atoms in total. The van der Waals surface area contributed by atoms with Gasteiger partial charge in [0.05, 0.1) is 0 Å². The maximum absolute atomic E-state index is 2.59. The Balaban J connectivity index is 0.00000261. The summed E-state index contributed by atoms with van der Waals surface area (Å²) in [5.74, 6) is 0. The number of unbranched alkanes of at least 4 members (excludes halogenated alkanes) is 3. The number of piperidine rings is 1. The Morgan fingerprint density at radius 2 is 1.67 bits per heavy atom. The van der Waals surface area contributed by atoms with E-state index >= 15 is 0 Å². The van der Waals surface area contributed by atoms with Gasteiger partial charge in [0, 0.05) is 31.6 Å². The fourth-order valence-electron chi connectivity index (χ4n) is 3.78. The molecular weight excluding hydrogens is 396 g/mol. The number of halogens is 1. The summed E-state index contributed by atoms with van der Waals surface area (Å²) in [6.45, 7) is 5.72. The third-order valence-electron chi connectivity index (χ3n) is 5.26. The van der Waals surface area contributed by atoms with Gasteiger partial charge in [-0.2, -0.15) is 4.57 Å². The quantitative estimate of drug-likeness (QED) is 0.462. The molecule has 0 bridgehead atoms. The van der Waals surface area contributed by atoms with Gasteiger partial charge in [-0.1, -0.05) is 50.1 Å². The summed E-state index contributed by atoms with van der Waals surface area (Å²) < 4.78 is 2.46. The highest BCUT2D eigenvalue weighted by Crippen LogP contribution is 2.24. The van der Waals surface area contributed by atoms with Crippen LogP contribution in [-0.2, 0) is 6.54 Å². The van der Waals surface area contributed by atoms with E-state index in [1.165, 1.54) is 75.0 Å². The molecule has 0 amide bonds. The summed E-state index contributed by atoms with van der Waals surface area (Å²) in [4.78, 5) is 2.59. The molecule has 1 aliphatic rings. The molecule has 1 aliphatic heterocycles. The first kappa shape index (κ1) is 21.7. The Morgan fingerprint density at radius 1 is 0.926 bits per heavy atom. The molecule has 0 aliphatic carbocycles. The molecule has 2 aromatic rings. The van der Waals surface area contributed by atoms with Gasteiger partial charge in [-0.05, 0) is 43.4 Å². The summed E-state index contributed by atoms with van der Waals surface area (Å²) in [7, 11) is 0. The summed E-state index contributed by atoms with van der Waals surface area (Å²) in [6.07, 6.45) is 13.8. The van der Waals surface area contributed by atoms with Crippen LogP contribution in [0.25, 0.3) is 11.8 Å². The van der Waals surface area contributed by atoms with Crippen molar-refractivity contribution in [3.63, 3.8) is 0 Å². The van der Waals surface area contributed by atoms with E-state index in [9.17, 15) is 0 Å². The van der Waals surface area contributed by atoms with Gasteiger partial charge >= 0.3 is 0 Å². The van der Waals surface area contributed by atoms with Crippen molar-refractivity contribution in [3.8, 4) is 0 Å². The summed E-state index contributed by atoms with van der Waals surface area (Å²) in [5.41, 5.74) is 4.02. The van der Waals surface area contributed by atoms with Crippen LogP contribution in [0.4, 0.5) is 0 Å². The SMILES string of the molecule is CCCCCC[n+]1ccccc1C(=Cc1ccccc1)N1CCCCC1.[Br-]. The molecule has 0 saturated carbocycles. The van der Waals surface area contributed by atoms with Gasteiger partial charge in [-0.3, -0.25) is 0 Å². The predicted octanol–water partition coefficient (Wildman–Crippen LogP) is 2.54. The predicted molar refractivity (Wildman–Crippen MR) is 111 cm³/mol. The number of likely N-dealkylation sites (tertiary alicyclic amines) is 1. The van der Waals surface area contributed by atoms with Gasteiger partial charge in [0.2, 0.25) is 5.69 Å². The third-order valence-corrected chi connectivity index (χ3v) is 5.26. The highest BCUT2D eigenvalue weighted by Gasteiger charge is 2.22. The van der Waals surface area contributed by atoms with E-state index in [2.05, 4.69) is 77.2 Å². The first-order chi connectivity index (χ1) is 12.9. The number of benzene rings is 1. The molecule has 146 valence electrons. The molecule has 1 saturated heterocycles. The molecule has 27 heavy (non-hydrogen) atoms. The van der Waals surface area contributed by atoms with Gasteiger partial charge in [0.15, 0.2) is 6.20 Å². The highest BCUT2D eigenvalue weighted by atomic mass is 79.9. The number of rotatable bonds is 8. The smallest absolute Gasteiger partial charge is 0.228 e. The van der Waals surface area contributed by atoms with E-state index in [4.69, 9.17) is 0 Å². The van der Waals surface area contributed by atoms with Gasteiger partial charge in [-0.25, -0.2) is 0 Å². The highest BCUT2D eigenvalue weighted by molar-refractivity contribution is 5.77. The Morgan fingerprint density at radius 3 is 2.41 bits per heavy atom. The number of hydrogen-bond acceptors (Lipinski definition) is 1. The molecule has 1 aromatic carbocycles. The van der Waals surface area contributed by atoms with Gasteiger partial charge < -0.3 is 21.9 Å². The van der Waals surface area contributed by atoms with Crippen LogP contribution in [0.2, 0.25) is 0 Å². The number of nitrogens with zero attached hydrogens (tertiary/aromatic N) is 2. The van der Waals surface area contributed by atoms with E-state index < -0.39 is 0 Å². The van der Waals surface area contributed by atoms with Crippen LogP contribution in [0.3, 0.4) is 0 Å². The first-order valence-corrected chi connectivity index (χ1v) is 10.4. The van der Waals surface area contributed by atoms with E-state index in [1.807, 2.05) is 0 Å². The number of pyridine rings is 1. The fraction of sp³-hybridized carbons (Fsp3) is 0.458. The van der Waals surface area contributed by atoms with Crippen LogP contribution in [-0.4, -0.2) is 18.0 Å². The largest absolute Gasteiger partial charge is 1.00 e. The van der Waals surface area contributed by atoms with E-state index in [0.29, 0.717) is 0 Å². The molecule has 3 heteroatoms. The van der Waals surface area contributed by atoms with Crippen molar-refractivity contribution in [2.45, 2.75) is 58.4 Å². The molecule has 1 aromatic heterocycles. The second-order valence-electron chi connectivity index (χ2n) is 7.33. The number of aryl methyl sites for hydroxylation is 1. The first-order valence-electron chi connectivity index (χ1n) is 10.4. The minimum Gasteiger partial charge on any atom is -1.00 e. The zero-order chi connectivity index (χ0) is 18.0. The van der Waals surface area contributed by atoms with Crippen LogP contribution in [0, 0.1) is 0 Å². The minimum atomic E-state index is 0. The summed E-state index contributed by atoms with van der Waals surface area (Å²) in [6, 6.07) is 17.4. The monoisotopic (exact) mass is 428 g/mol. The van der Waals surface area contributed by atoms with Gasteiger partial charge in [-0.15, -0.1) is 0 Å². The second-order valence-corrected chi connectivity index (χ2v) is 7.33. The number of hydrogen-bond donors (Lipinski definition) is 0. The van der Waals surface area contributed by atoms with Crippen molar-refractivity contribution >= 4 is 11.8 Å². The Hall–Kier alpha value is -1.61. The summed E-state index contributed by atoms with van der Waals surface area (Å²) in [5, 5.41) is 0. The van der Waals surface area contributed by atoms with Gasteiger partial charge in [0.1, 0.15) is 12.2 Å². The molecule has 0 N–H and O–H groups in total. The molecule has 3 rings (SSSR count). The lowest BCUT2D eigenvalue weighted by Crippen LogP contribution is -3.00. The average Bonchev–Trinajstić information content (AvgIpc) is 2.71. The summed E-state index contributed by atoms with van der Waals surface area (Å²) >= 11 is 0. The zero-order valence-electron chi connectivity index (χ0n) is 16.6. The molecule has 1 fully saturated rings. The lowest BCUT2D eigenvalue weighted by molar-refractivity contribution is -0.700. The van der Waals surface area contributed by atoms with Crippen molar-refractivity contribution < 1.29 is 21.5 Å². The molecule has 0 spiro atoms. The van der Waals surface area contributed by atoms with Crippen LogP contribution in [0.15, 0.2) is 54.7 Å². The van der Waals surface area contributed by atoms with Crippen LogP contribution < -0.4 is 21.5 Å². The van der Waals surface area contributed by atoms with Crippen molar-refractivity contribution in [1.82, 2.24) is 4.90 Å². The molecule has 0 unspecified atom stereocenters. The fourth-order valence-corrected chi connectivity index (χ4v) is 3.78. The molecule has 0 atom stereocenters. The topological polar surface area (TPSA) is 7.12 Å². The normalized spacial score (nSPS) is 14.7. The van der Waals surface area contributed by atoms with Crippen molar-refractivity contribution in [3.05, 3.63) is 66.0 Å². The van der Waals surface area contributed by atoms with Crippen molar-refractivity contribution in [2.75, 3.05) is 13.1 Å². The zero-order valence-corrected chi connectivity index (χ0v) is 18.2. The molecule has 0 radical (unpaired) electrons. The Labute approximate surface area is 175 Å². The van der Waals surface area contributed by atoms with Crippen molar-refractivity contribution in [1.29, 1.82) is 0 Å².